The molecule has 76 valence electrons. The molecular formula is C10H14N2O2. The third kappa shape index (κ3) is 3.55. The van der Waals surface area contributed by atoms with Gasteiger partial charge >= 0.3 is 5.97 Å². The van der Waals surface area contributed by atoms with Crippen LogP contribution in [0.15, 0.2) is 24.3 Å². The molecule has 4 nitrogen and oxygen atoms in total. The van der Waals surface area contributed by atoms with Crippen LogP contribution < -0.4 is 11.2 Å². The molecule has 0 aliphatic rings. The van der Waals surface area contributed by atoms with Gasteiger partial charge in [-0.15, -0.1) is 0 Å². The summed E-state index contributed by atoms with van der Waals surface area (Å²) in [4.78, 5) is 14.7. The third-order valence-electron chi connectivity index (χ3n) is 1.85. The molecule has 3 N–H and O–H groups in total. The number of nitrogens with one attached hydrogen (secondary N) is 1. The Morgan fingerprint density at radius 1 is 1.43 bits per heavy atom. The van der Waals surface area contributed by atoms with E-state index in [9.17, 15) is 4.79 Å². The largest absolute Gasteiger partial charge is 0.372 e. The van der Waals surface area contributed by atoms with E-state index in [0.29, 0.717) is 6.54 Å². The van der Waals surface area contributed by atoms with E-state index in [1.54, 1.807) is 0 Å². The summed E-state index contributed by atoms with van der Waals surface area (Å²) in [5, 5.41) is 2.92. The van der Waals surface area contributed by atoms with Crippen molar-refractivity contribution in [1.29, 1.82) is 0 Å². The van der Waals surface area contributed by atoms with Gasteiger partial charge in [0.2, 0.25) is 0 Å². The minimum Gasteiger partial charge on any atom is -0.372 e. The Bertz CT molecular complexity index is 295. The van der Waals surface area contributed by atoms with Crippen LogP contribution in [-0.4, -0.2) is 12.5 Å². The highest BCUT2D eigenvalue weighted by Gasteiger charge is 1.99. The Hall–Kier alpha value is -1.39. The standard InChI is InChI=1S/C10H14N2O2/c1-8-2-4-9(5-3-8)6-12-7-10(13)14-11/h2-5,12H,6-7,11H2,1H3. The molecule has 0 spiro atoms. The Labute approximate surface area is 83.0 Å². The van der Waals surface area contributed by atoms with Crippen molar-refractivity contribution in [3.05, 3.63) is 35.4 Å². The van der Waals surface area contributed by atoms with Gasteiger partial charge in [0, 0.05) is 6.54 Å². The second-order valence-electron chi connectivity index (χ2n) is 3.08. The van der Waals surface area contributed by atoms with Crippen molar-refractivity contribution in [1.82, 2.24) is 5.32 Å². The van der Waals surface area contributed by atoms with Crippen molar-refractivity contribution < 1.29 is 9.63 Å². The van der Waals surface area contributed by atoms with Gasteiger partial charge in [-0.05, 0) is 12.5 Å². The molecule has 0 saturated heterocycles. The second-order valence-corrected chi connectivity index (χ2v) is 3.08. The van der Waals surface area contributed by atoms with E-state index in [0.717, 1.165) is 5.56 Å². The average Bonchev–Trinajstić information content (AvgIpc) is 2.21. The van der Waals surface area contributed by atoms with Crippen LogP contribution in [0.3, 0.4) is 0 Å². The molecule has 0 amide bonds. The lowest BCUT2D eigenvalue weighted by Crippen LogP contribution is -2.26. The van der Waals surface area contributed by atoms with Gasteiger partial charge < -0.3 is 10.2 Å². The molecule has 0 unspecified atom stereocenters. The molecule has 0 atom stereocenters. The summed E-state index contributed by atoms with van der Waals surface area (Å²) in [7, 11) is 0. The molecule has 0 aliphatic heterocycles. The zero-order valence-electron chi connectivity index (χ0n) is 8.12. The number of rotatable bonds is 4. The van der Waals surface area contributed by atoms with Gasteiger partial charge in [-0.3, -0.25) is 0 Å². The summed E-state index contributed by atoms with van der Waals surface area (Å²) in [6, 6.07) is 8.07. The number of nitrogens with two attached hydrogens (primary N) is 1. The van der Waals surface area contributed by atoms with Crippen LogP contribution in [0.2, 0.25) is 0 Å². The molecule has 14 heavy (non-hydrogen) atoms. The number of aryl methyl sites for hydroxylation is 1. The monoisotopic (exact) mass is 194 g/mol. The number of carbonyl (C=O) groups is 1. The van der Waals surface area contributed by atoms with Crippen molar-refractivity contribution in [2.24, 2.45) is 5.90 Å². The van der Waals surface area contributed by atoms with Crippen LogP contribution in [0.25, 0.3) is 0 Å². The number of carbonyl (C=O) groups excluding carboxylic acids is 1. The van der Waals surface area contributed by atoms with Crippen molar-refractivity contribution in [2.75, 3.05) is 6.54 Å². The second kappa shape index (κ2) is 5.36. The van der Waals surface area contributed by atoms with Crippen LogP contribution in [0, 0.1) is 6.92 Å². The first-order valence-electron chi connectivity index (χ1n) is 4.38. The van der Waals surface area contributed by atoms with Crippen LogP contribution in [0.1, 0.15) is 11.1 Å². The lowest BCUT2D eigenvalue weighted by molar-refractivity contribution is -0.143. The predicted octanol–water partition coefficient (Wildman–Crippen LogP) is 0.502. The highest BCUT2D eigenvalue weighted by atomic mass is 16.7. The Morgan fingerprint density at radius 3 is 2.64 bits per heavy atom. The maximum atomic E-state index is 10.6. The SMILES string of the molecule is Cc1ccc(CNCC(=O)ON)cc1. The summed E-state index contributed by atoms with van der Waals surface area (Å²) < 4.78 is 0. The fraction of sp³-hybridized carbons (Fsp3) is 0.300. The molecule has 0 aromatic heterocycles. The number of hydrogen-bond acceptors (Lipinski definition) is 4. The maximum absolute atomic E-state index is 10.6. The summed E-state index contributed by atoms with van der Waals surface area (Å²) >= 11 is 0. The molecule has 0 saturated carbocycles. The summed E-state index contributed by atoms with van der Waals surface area (Å²) in [6.45, 7) is 2.79. The van der Waals surface area contributed by atoms with Crippen molar-refractivity contribution in [3.8, 4) is 0 Å². The highest BCUT2D eigenvalue weighted by molar-refractivity contribution is 5.71. The maximum Gasteiger partial charge on any atom is 0.338 e. The van der Waals surface area contributed by atoms with E-state index in [-0.39, 0.29) is 6.54 Å². The highest BCUT2D eigenvalue weighted by Crippen LogP contribution is 2.01. The summed E-state index contributed by atoms with van der Waals surface area (Å²) in [5.41, 5.74) is 2.34. The van der Waals surface area contributed by atoms with E-state index >= 15 is 0 Å². The Morgan fingerprint density at radius 2 is 2.07 bits per heavy atom. The lowest BCUT2D eigenvalue weighted by Gasteiger charge is -2.03. The van der Waals surface area contributed by atoms with Gasteiger partial charge in [0.1, 0.15) is 0 Å². The van der Waals surface area contributed by atoms with Crippen LogP contribution in [-0.2, 0) is 16.2 Å². The molecule has 0 fully saturated rings. The smallest absolute Gasteiger partial charge is 0.338 e. The van der Waals surface area contributed by atoms with Crippen LogP contribution in [0.4, 0.5) is 0 Å². The molecule has 0 bridgehead atoms. The minimum absolute atomic E-state index is 0.129. The first-order chi connectivity index (χ1) is 6.72. The van der Waals surface area contributed by atoms with Gasteiger partial charge in [-0.2, -0.15) is 5.90 Å². The molecule has 4 heteroatoms. The normalized spacial score (nSPS) is 9.86. The molecular weight excluding hydrogens is 180 g/mol. The predicted molar refractivity (Wildman–Crippen MR) is 53.2 cm³/mol. The van der Waals surface area contributed by atoms with Crippen molar-refractivity contribution in [2.45, 2.75) is 13.5 Å². The Kier molecular flexibility index (Phi) is 4.10. The van der Waals surface area contributed by atoms with Gasteiger partial charge in [0.15, 0.2) is 0 Å². The van der Waals surface area contributed by atoms with E-state index in [4.69, 9.17) is 0 Å². The fourth-order valence-electron chi connectivity index (χ4n) is 1.06. The van der Waals surface area contributed by atoms with Crippen LogP contribution in [0.5, 0.6) is 0 Å². The van der Waals surface area contributed by atoms with E-state index in [1.165, 1.54) is 5.56 Å². The molecule has 1 aromatic carbocycles. The van der Waals surface area contributed by atoms with E-state index in [2.05, 4.69) is 16.1 Å². The topological polar surface area (TPSA) is 64.3 Å². The molecule has 0 radical (unpaired) electrons. The molecule has 1 aromatic rings. The van der Waals surface area contributed by atoms with E-state index in [1.807, 2.05) is 31.2 Å². The number of hydrogen-bond donors (Lipinski definition) is 2. The number of benzene rings is 1. The van der Waals surface area contributed by atoms with Gasteiger partial charge in [-0.25, -0.2) is 4.79 Å². The molecule has 1 rings (SSSR count). The first-order valence-corrected chi connectivity index (χ1v) is 4.38. The quantitative estimate of drug-likeness (QED) is 0.685. The van der Waals surface area contributed by atoms with Crippen LogP contribution >= 0.6 is 0 Å². The first kappa shape index (κ1) is 10.7. The molecule has 0 heterocycles. The van der Waals surface area contributed by atoms with E-state index < -0.39 is 5.97 Å². The minimum atomic E-state index is -0.461. The third-order valence-corrected chi connectivity index (χ3v) is 1.85. The summed E-state index contributed by atoms with van der Waals surface area (Å²) in [5.74, 6) is 4.22. The summed E-state index contributed by atoms with van der Waals surface area (Å²) in [6.07, 6.45) is 0. The van der Waals surface area contributed by atoms with Gasteiger partial charge in [0.05, 0.1) is 6.54 Å². The van der Waals surface area contributed by atoms with Crippen molar-refractivity contribution in [3.63, 3.8) is 0 Å². The zero-order valence-corrected chi connectivity index (χ0v) is 8.12. The fourth-order valence-corrected chi connectivity index (χ4v) is 1.06. The average molecular weight is 194 g/mol. The van der Waals surface area contributed by atoms with Gasteiger partial charge in [0.25, 0.3) is 0 Å². The lowest BCUT2D eigenvalue weighted by atomic mass is 10.1. The van der Waals surface area contributed by atoms with Crippen molar-refractivity contribution >= 4 is 5.97 Å². The molecule has 0 aliphatic carbocycles. The zero-order chi connectivity index (χ0) is 10.4. The van der Waals surface area contributed by atoms with Gasteiger partial charge in [-0.1, -0.05) is 29.8 Å². The Balaban J connectivity index is 2.31.